The van der Waals surface area contributed by atoms with E-state index < -0.39 is 4.92 Å². The Bertz CT molecular complexity index is 421. The van der Waals surface area contributed by atoms with Gasteiger partial charge in [0.15, 0.2) is 0 Å². The normalized spacial score (nSPS) is 19.2. The third-order valence-electron chi connectivity index (χ3n) is 2.62. The Morgan fingerprint density at radius 1 is 1.65 bits per heavy atom. The summed E-state index contributed by atoms with van der Waals surface area (Å²) >= 11 is 3.21. The molecule has 1 atom stereocenters. The Morgan fingerprint density at radius 3 is 3.12 bits per heavy atom. The number of nitro groups is 1. The van der Waals surface area contributed by atoms with Crippen LogP contribution in [-0.2, 0) is 0 Å². The van der Waals surface area contributed by atoms with Gasteiger partial charge in [-0.15, -0.1) is 0 Å². The molecular formula is C10H12BrN3O3. The molecule has 1 aliphatic heterocycles. The van der Waals surface area contributed by atoms with E-state index >= 15 is 0 Å². The number of hydrogen-bond acceptors (Lipinski definition) is 5. The van der Waals surface area contributed by atoms with Crippen molar-refractivity contribution in [3.63, 3.8) is 0 Å². The van der Waals surface area contributed by atoms with Crippen molar-refractivity contribution < 1.29 is 9.66 Å². The summed E-state index contributed by atoms with van der Waals surface area (Å²) in [5.74, 6) is 0.249. The molecule has 1 unspecified atom stereocenters. The molecule has 0 saturated carbocycles. The van der Waals surface area contributed by atoms with E-state index in [-0.39, 0.29) is 17.5 Å². The highest BCUT2D eigenvalue weighted by atomic mass is 79.9. The Kier molecular flexibility index (Phi) is 3.90. The van der Waals surface area contributed by atoms with Gasteiger partial charge < -0.3 is 10.1 Å². The van der Waals surface area contributed by atoms with Crippen LogP contribution in [0.15, 0.2) is 16.9 Å². The highest BCUT2D eigenvalue weighted by Crippen LogP contribution is 2.33. The number of hydrogen-bond donors (Lipinski definition) is 1. The van der Waals surface area contributed by atoms with E-state index in [4.69, 9.17) is 4.74 Å². The fourth-order valence-electron chi connectivity index (χ4n) is 1.77. The molecule has 0 aliphatic carbocycles. The Morgan fingerprint density at radius 2 is 2.47 bits per heavy atom. The molecule has 1 fully saturated rings. The zero-order chi connectivity index (χ0) is 12.3. The Labute approximate surface area is 107 Å². The lowest BCUT2D eigenvalue weighted by Crippen LogP contribution is -2.28. The van der Waals surface area contributed by atoms with Crippen molar-refractivity contribution in [2.45, 2.75) is 18.9 Å². The van der Waals surface area contributed by atoms with Crippen LogP contribution in [0.25, 0.3) is 0 Å². The first-order valence-electron chi connectivity index (χ1n) is 5.32. The predicted octanol–water partition coefficient (Wildman–Crippen LogP) is 1.88. The minimum Gasteiger partial charge on any atom is -0.484 e. The fourth-order valence-corrected chi connectivity index (χ4v) is 2.20. The van der Waals surface area contributed by atoms with Gasteiger partial charge in [-0.05, 0) is 35.3 Å². The predicted molar refractivity (Wildman–Crippen MR) is 65.1 cm³/mol. The van der Waals surface area contributed by atoms with E-state index in [1.54, 1.807) is 0 Å². The van der Waals surface area contributed by atoms with E-state index in [1.165, 1.54) is 12.4 Å². The molecule has 1 N–H and O–H groups in total. The molecule has 1 aromatic rings. The van der Waals surface area contributed by atoms with Gasteiger partial charge in [-0.1, -0.05) is 0 Å². The maximum atomic E-state index is 10.8. The van der Waals surface area contributed by atoms with E-state index in [1.807, 2.05) is 0 Å². The molecule has 2 rings (SSSR count). The van der Waals surface area contributed by atoms with Gasteiger partial charge in [-0.2, -0.15) is 0 Å². The molecule has 6 nitrogen and oxygen atoms in total. The molecule has 92 valence electrons. The van der Waals surface area contributed by atoms with E-state index in [9.17, 15) is 10.1 Å². The topological polar surface area (TPSA) is 77.3 Å². The van der Waals surface area contributed by atoms with Gasteiger partial charge in [-0.25, -0.2) is 0 Å². The van der Waals surface area contributed by atoms with Crippen LogP contribution < -0.4 is 10.1 Å². The molecule has 1 aromatic heterocycles. The van der Waals surface area contributed by atoms with E-state index in [0.717, 1.165) is 19.4 Å². The monoisotopic (exact) mass is 301 g/mol. The van der Waals surface area contributed by atoms with Gasteiger partial charge in [0.05, 0.1) is 9.40 Å². The van der Waals surface area contributed by atoms with Crippen LogP contribution in [0.2, 0.25) is 0 Å². The SMILES string of the molecule is O=[N+]([O-])c1cncc(Br)c1OCC1CCCN1. The largest absolute Gasteiger partial charge is 0.484 e. The van der Waals surface area contributed by atoms with Gasteiger partial charge in [0, 0.05) is 12.2 Å². The third-order valence-corrected chi connectivity index (χ3v) is 3.19. The highest BCUT2D eigenvalue weighted by molar-refractivity contribution is 9.10. The van der Waals surface area contributed by atoms with Crippen molar-refractivity contribution in [2.75, 3.05) is 13.2 Å². The van der Waals surface area contributed by atoms with Crippen molar-refractivity contribution in [2.24, 2.45) is 0 Å². The minimum atomic E-state index is -0.491. The maximum absolute atomic E-state index is 10.8. The first kappa shape index (κ1) is 12.3. The quantitative estimate of drug-likeness (QED) is 0.679. The molecule has 1 aliphatic rings. The molecular weight excluding hydrogens is 290 g/mol. The number of pyridine rings is 1. The first-order chi connectivity index (χ1) is 8.18. The van der Waals surface area contributed by atoms with Crippen LogP contribution in [0, 0.1) is 10.1 Å². The summed E-state index contributed by atoms with van der Waals surface area (Å²) in [6.07, 6.45) is 4.84. The molecule has 1 saturated heterocycles. The first-order valence-corrected chi connectivity index (χ1v) is 6.12. The van der Waals surface area contributed by atoms with Crippen molar-refractivity contribution in [3.05, 3.63) is 27.0 Å². The van der Waals surface area contributed by atoms with Crippen LogP contribution in [0.5, 0.6) is 5.75 Å². The lowest BCUT2D eigenvalue weighted by Gasteiger charge is -2.12. The molecule has 0 amide bonds. The third kappa shape index (κ3) is 2.92. The van der Waals surface area contributed by atoms with E-state index in [0.29, 0.717) is 11.1 Å². The number of halogens is 1. The van der Waals surface area contributed by atoms with Crippen molar-refractivity contribution in [1.29, 1.82) is 0 Å². The second kappa shape index (κ2) is 5.42. The van der Waals surface area contributed by atoms with Crippen molar-refractivity contribution >= 4 is 21.6 Å². The average Bonchev–Trinajstić information content (AvgIpc) is 2.80. The van der Waals surface area contributed by atoms with Crippen LogP contribution in [-0.4, -0.2) is 29.1 Å². The number of ether oxygens (including phenoxy) is 1. The average molecular weight is 302 g/mol. The standard InChI is InChI=1S/C10H12BrN3O3/c11-8-4-12-5-9(14(15)16)10(8)17-6-7-2-1-3-13-7/h4-5,7,13H,1-3,6H2. The summed E-state index contributed by atoms with van der Waals surface area (Å²) in [4.78, 5) is 14.1. The molecule has 7 heteroatoms. The second-order valence-electron chi connectivity index (χ2n) is 3.83. The van der Waals surface area contributed by atoms with Gasteiger partial charge in [0.25, 0.3) is 0 Å². The molecule has 0 bridgehead atoms. The summed E-state index contributed by atoms with van der Waals surface area (Å²) in [5, 5.41) is 14.1. The number of aromatic nitrogens is 1. The fraction of sp³-hybridized carbons (Fsp3) is 0.500. The summed E-state index contributed by atoms with van der Waals surface area (Å²) in [6, 6.07) is 0.273. The Hall–Kier alpha value is -1.21. The van der Waals surface area contributed by atoms with Gasteiger partial charge in [0.1, 0.15) is 12.8 Å². The van der Waals surface area contributed by atoms with Gasteiger partial charge >= 0.3 is 5.69 Å². The van der Waals surface area contributed by atoms with Gasteiger partial charge in [0.2, 0.25) is 5.75 Å². The van der Waals surface area contributed by atoms with Crippen molar-refractivity contribution in [1.82, 2.24) is 10.3 Å². The molecule has 0 radical (unpaired) electrons. The van der Waals surface area contributed by atoms with Crippen molar-refractivity contribution in [3.8, 4) is 5.75 Å². The zero-order valence-electron chi connectivity index (χ0n) is 9.06. The summed E-state index contributed by atoms with van der Waals surface area (Å²) in [7, 11) is 0. The molecule has 0 spiro atoms. The lowest BCUT2D eigenvalue weighted by atomic mass is 10.2. The summed E-state index contributed by atoms with van der Waals surface area (Å²) in [5.41, 5.74) is -0.114. The van der Waals surface area contributed by atoms with Gasteiger partial charge in [-0.3, -0.25) is 15.1 Å². The second-order valence-corrected chi connectivity index (χ2v) is 4.69. The van der Waals surface area contributed by atoms with E-state index in [2.05, 4.69) is 26.2 Å². The maximum Gasteiger partial charge on any atom is 0.330 e. The van der Waals surface area contributed by atoms with Crippen LogP contribution >= 0.6 is 15.9 Å². The van der Waals surface area contributed by atoms with Crippen LogP contribution in [0.3, 0.4) is 0 Å². The highest BCUT2D eigenvalue weighted by Gasteiger charge is 2.21. The summed E-state index contributed by atoms with van der Waals surface area (Å²) in [6.45, 7) is 1.41. The number of nitrogens with one attached hydrogen (secondary N) is 1. The number of nitrogens with zero attached hydrogens (tertiary/aromatic N) is 2. The van der Waals surface area contributed by atoms with Crippen LogP contribution in [0.4, 0.5) is 5.69 Å². The smallest absolute Gasteiger partial charge is 0.330 e. The minimum absolute atomic E-state index is 0.114. The number of rotatable bonds is 4. The molecule has 2 heterocycles. The zero-order valence-corrected chi connectivity index (χ0v) is 10.6. The molecule has 0 aromatic carbocycles. The Balaban J connectivity index is 2.10. The summed E-state index contributed by atoms with van der Waals surface area (Å²) < 4.78 is 6.03. The molecule has 17 heavy (non-hydrogen) atoms. The van der Waals surface area contributed by atoms with Crippen LogP contribution in [0.1, 0.15) is 12.8 Å². The lowest BCUT2D eigenvalue weighted by molar-refractivity contribution is -0.386.